The lowest BCUT2D eigenvalue weighted by Gasteiger charge is -2.35. The predicted molar refractivity (Wildman–Crippen MR) is 92.5 cm³/mol. The molecule has 0 saturated carbocycles. The van der Waals surface area contributed by atoms with Crippen molar-refractivity contribution in [1.29, 1.82) is 0 Å². The third-order valence-electron chi connectivity index (χ3n) is 4.42. The zero-order valence-corrected chi connectivity index (χ0v) is 13.5. The summed E-state index contributed by atoms with van der Waals surface area (Å²) in [5, 5.41) is 0. The van der Waals surface area contributed by atoms with E-state index in [2.05, 4.69) is 0 Å². The molecule has 0 aliphatic carbocycles. The molecule has 1 aliphatic heterocycles. The van der Waals surface area contributed by atoms with Gasteiger partial charge >= 0.3 is 6.03 Å². The van der Waals surface area contributed by atoms with E-state index in [9.17, 15) is 9.59 Å². The molecular formula is C19H21N3O2. The van der Waals surface area contributed by atoms with Crippen LogP contribution >= 0.6 is 0 Å². The Kier molecular flexibility index (Phi) is 4.79. The minimum Gasteiger partial charge on any atom is -0.351 e. The van der Waals surface area contributed by atoms with Crippen LogP contribution in [0.15, 0.2) is 60.7 Å². The maximum Gasteiger partial charge on any atom is 0.314 e. The number of nitrogens with two attached hydrogens (primary N) is 1. The van der Waals surface area contributed by atoms with Gasteiger partial charge in [0, 0.05) is 26.2 Å². The number of amides is 3. The lowest BCUT2D eigenvalue weighted by atomic mass is 9.90. The molecule has 0 radical (unpaired) electrons. The van der Waals surface area contributed by atoms with Crippen LogP contribution < -0.4 is 5.73 Å². The number of rotatable bonds is 3. The van der Waals surface area contributed by atoms with Crippen molar-refractivity contribution in [2.45, 2.75) is 5.92 Å². The molecule has 1 saturated heterocycles. The van der Waals surface area contributed by atoms with Gasteiger partial charge in [-0.1, -0.05) is 60.7 Å². The summed E-state index contributed by atoms with van der Waals surface area (Å²) in [6, 6.07) is 19.2. The van der Waals surface area contributed by atoms with E-state index in [-0.39, 0.29) is 11.8 Å². The number of hydrogen-bond donors (Lipinski definition) is 1. The maximum absolute atomic E-state index is 13.2. The zero-order chi connectivity index (χ0) is 16.9. The second-order valence-corrected chi connectivity index (χ2v) is 5.90. The Bertz CT molecular complexity index is 656. The van der Waals surface area contributed by atoms with Gasteiger partial charge in [-0.3, -0.25) is 4.79 Å². The van der Waals surface area contributed by atoms with Crippen molar-refractivity contribution in [2.24, 2.45) is 5.73 Å². The number of piperazine rings is 1. The Hall–Kier alpha value is -2.82. The molecular weight excluding hydrogens is 302 g/mol. The summed E-state index contributed by atoms with van der Waals surface area (Å²) in [7, 11) is 0. The highest BCUT2D eigenvalue weighted by atomic mass is 16.2. The van der Waals surface area contributed by atoms with Gasteiger partial charge in [0.25, 0.3) is 0 Å². The van der Waals surface area contributed by atoms with Crippen LogP contribution in [-0.4, -0.2) is 47.9 Å². The Labute approximate surface area is 141 Å². The van der Waals surface area contributed by atoms with Gasteiger partial charge in [0.1, 0.15) is 0 Å². The van der Waals surface area contributed by atoms with Gasteiger partial charge in [-0.25, -0.2) is 4.79 Å². The van der Waals surface area contributed by atoms with Crippen LogP contribution in [0.5, 0.6) is 0 Å². The van der Waals surface area contributed by atoms with Crippen LogP contribution in [0.1, 0.15) is 17.0 Å². The van der Waals surface area contributed by atoms with E-state index in [4.69, 9.17) is 5.73 Å². The standard InChI is InChI=1S/C19H21N3O2/c20-19(24)22-13-11-21(12-14-22)18(23)17(15-7-3-1-4-8-15)16-9-5-2-6-10-16/h1-10,17H,11-14H2,(H2,20,24). The fourth-order valence-electron chi connectivity index (χ4n) is 3.10. The van der Waals surface area contributed by atoms with Crippen molar-refractivity contribution < 1.29 is 9.59 Å². The van der Waals surface area contributed by atoms with Crippen LogP contribution in [0, 0.1) is 0 Å². The van der Waals surface area contributed by atoms with Gasteiger partial charge in [0.05, 0.1) is 5.92 Å². The SMILES string of the molecule is NC(=O)N1CCN(C(=O)C(c2ccccc2)c2ccccc2)CC1. The molecule has 3 rings (SSSR count). The van der Waals surface area contributed by atoms with Crippen LogP contribution in [0.2, 0.25) is 0 Å². The number of urea groups is 1. The molecule has 124 valence electrons. The first-order valence-corrected chi connectivity index (χ1v) is 8.10. The molecule has 1 fully saturated rings. The van der Waals surface area contributed by atoms with E-state index in [0.29, 0.717) is 26.2 Å². The summed E-state index contributed by atoms with van der Waals surface area (Å²) in [5.74, 6) is -0.260. The first-order chi connectivity index (χ1) is 11.7. The normalized spacial score (nSPS) is 14.7. The van der Waals surface area contributed by atoms with Crippen molar-refractivity contribution in [3.8, 4) is 0 Å². The molecule has 0 aromatic heterocycles. The fraction of sp³-hybridized carbons (Fsp3) is 0.263. The maximum atomic E-state index is 13.2. The molecule has 0 spiro atoms. The summed E-state index contributed by atoms with van der Waals surface area (Å²) in [6.45, 7) is 1.99. The van der Waals surface area contributed by atoms with Crippen molar-refractivity contribution >= 4 is 11.9 Å². The molecule has 1 heterocycles. The van der Waals surface area contributed by atoms with Crippen LogP contribution in [0.4, 0.5) is 4.79 Å². The molecule has 1 aliphatic rings. The van der Waals surface area contributed by atoms with E-state index in [0.717, 1.165) is 11.1 Å². The summed E-state index contributed by atoms with van der Waals surface area (Å²) in [5.41, 5.74) is 7.27. The second-order valence-electron chi connectivity index (χ2n) is 5.90. The van der Waals surface area contributed by atoms with Gasteiger partial charge in [-0.2, -0.15) is 0 Å². The molecule has 0 unspecified atom stereocenters. The van der Waals surface area contributed by atoms with E-state index in [1.807, 2.05) is 65.6 Å². The monoisotopic (exact) mass is 323 g/mol. The number of benzene rings is 2. The van der Waals surface area contributed by atoms with Crippen molar-refractivity contribution in [3.05, 3.63) is 71.8 Å². The van der Waals surface area contributed by atoms with Crippen molar-refractivity contribution in [1.82, 2.24) is 9.80 Å². The van der Waals surface area contributed by atoms with E-state index >= 15 is 0 Å². The lowest BCUT2D eigenvalue weighted by Crippen LogP contribution is -2.53. The quantitative estimate of drug-likeness (QED) is 0.939. The zero-order valence-electron chi connectivity index (χ0n) is 13.5. The minimum atomic E-state index is -0.426. The van der Waals surface area contributed by atoms with Gasteiger partial charge < -0.3 is 15.5 Å². The van der Waals surface area contributed by atoms with Crippen molar-refractivity contribution in [3.63, 3.8) is 0 Å². The summed E-state index contributed by atoms with van der Waals surface area (Å²) < 4.78 is 0. The number of carbonyl (C=O) groups is 2. The van der Waals surface area contributed by atoms with Gasteiger partial charge in [0.2, 0.25) is 5.91 Å². The van der Waals surface area contributed by atoms with Crippen LogP contribution in [0.3, 0.4) is 0 Å². The average Bonchev–Trinajstić information content (AvgIpc) is 2.64. The lowest BCUT2D eigenvalue weighted by molar-refractivity contribution is -0.133. The molecule has 0 atom stereocenters. The van der Waals surface area contributed by atoms with Crippen molar-refractivity contribution in [2.75, 3.05) is 26.2 Å². The third-order valence-corrected chi connectivity index (χ3v) is 4.42. The summed E-state index contributed by atoms with van der Waals surface area (Å²) >= 11 is 0. The Morgan fingerprint density at radius 3 is 1.58 bits per heavy atom. The first kappa shape index (κ1) is 16.1. The second kappa shape index (κ2) is 7.17. The molecule has 5 heteroatoms. The Morgan fingerprint density at radius 2 is 1.17 bits per heavy atom. The van der Waals surface area contributed by atoms with Gasteiger partial charge in [-0.05, 0) is 11.1 Å². The van der Waals surface area contributed by atoms with Crippen LogP contribution in [-0.2, 0) is 4.79 Å². The van der Waals surface area contributed by atoms with E-state index in [1.165, 1.54) is 0 Å². The third kappa shape index (κ3) is 3.40. The molecule has 0 bridgehead atoms. The average molecular weight is 323 g/mol. The molecule has 24 heavy (non-hydrogen) atoms. The molecule has 3 amide bonds. The fourth-order valence-corrected chi connectivity index (χ4v) is 3.10. The molecule has 2 aromatic rings. The highest BCUT2D eigenvalue weighted by Crippen LogP contribution is 2.27. The topological polar surface area (TPSA) is 66.6 Å². The highest BCUT2D eigenvalue weighted by Gasteiger charge is 2.30. The largest absolute Gasteiger partial charge is 0.351 e. The van der Waals surface area contributed by atoms with E-state index < -0.39 is 6.03 Å². The minimum absolute atomic E-state index is 0.0662. The van der Waals surface area contributed by atoms with E-state index in [1.54, 1.807) is 4.90 Å². The summed E-state index contributed by atoms with van der Waals surface area (Å²) in [6.07, 6.45) is 0. The van der Waals surface area contributed by atoms with Crippen LogP contribution in [0.25, 0.3) is 0 Å². The number of hydrogen-bond acceptors (Lipinski definition) is 2. The summed E-state index contributed by atoms with van der Waals surface area (Å²) in [4.78, 5) is 27.8. The highest BCUT2D eigenvalue weighted by molar-refractivity contribution is 5.87. The van der Waals surface area contributed by atoms with Gasteiger partial charge in [0.15, 0.2) is 0 Å². The number of carbonyl (C=O) groups excluding carboxylic acids is 2. The Balaban J connectivity index is 1.84. The number of nitrogens with zero attached hydrogens (tertiary/aromatic N) is 2. The predicted octanol–water partition coefficient (Wildman–Crippen LogP) is 2.04. The molecule has 5 nitrogen and oxygen atoms in total. The first-order valence-electron chi connectivity index (χ1n) is 8.10. The molecule has 2 aromatic carbocycles. The smallest absolute Gasteiger partial charge is 0.314 e. The Morgan fingerprint density at radius 1 is 0.750 bits per heavy atom. The molecule has 2 N–H and O–H groups in total. The van der Waals surface area contributed by atoms with Gasteiger partial charge in [-0.15, -0.1) is 0 Å². The number of primary amides is 1.